The first kappa shape index (κ1) is 26.1. The Balaban J connectivity index is 1.89. The van der Waals surface area contributed by atoms with Crippen LogP contribution in [0, 0.1) is 11.3 Å². The maximum absolute atomic E-state index is 13.2. The van der Waals surface area contributed by atoms with E-state index in [1.807, 2.05) is 21.0 Å². The molecule has 0 aromatic carbocycles. The molecular formula is C22H42N4O4S. The average molecular weight is 459 g/mol. The van der Waals surface area contributed by atoms with Crippen LogP contribution in [-0.2, 0) is 19.6 Å². The highest BCUT2D eigenvalue weighted by Gasteiger charge is 2.39. The van der Waals surface area contributed by atoms with Crippen molar-refractivity contribution in [2.75, 3.05) is 52.6 Å². The van der Waals surface area contributed by atoms with Crippen molar-refractivity contribution < 1.29 is 18.0 Å². The molecule has 0 aromatic rings. The normalized spacial score (nSPS) is 22.0. The van der Waals surface area contributed by atoms with E-state index < -0.39 is 16.1 Å². The number of rotatable bonds is 9. The zero-order valence-corrected chi connectivity index (χ0v) is 20.8. The van der Waals surface area contributed by atoms with E-state index in [0.29, 0.717) is 51.9 Å². The SMILES string of the molecule is CCCS(=O)(=O)N1CCCCC1C(=O)N1CCC(C(=O)NCC(C)(C)CN(C)C)CC1. The number of piperidine rings is 2. The van der Waals surface area contributed by atoms with Crippen molar-refractivity contribution in [3.8, 4) is 0 Å². The molecule has 1 N–H and O–H groups in total. The molecule has 2 fully saturated rings. The van der Waals surface area contributed by atoms with E-state index in [9.17, 15) is 18.0 Å². The Labute approximate surface area is 188 Å². The molecule has 0 bridgehead atoms. The van der Waals surface area contributed by atoms with Gasteiger partial charge in [-0.05, 0) is 51.6 Å². The largest absolute Gasteiger partial charge is 0.355 e. The molecular weight excluding hydrogens is 416 g/mol. The van der Waals surface area contributed by atoms with Gasteiger partial charge in [-0.15, -0.1) is 0 Å². The van der Waals surface area contributed by atoms with Crippen molar-refractivity contribution >= 4 is 21.8 Å². The predicted molar refractivity (Wildman–Crippen MR) is 123 cm³/mol. The van der Waals surface area contributed by atoms with Gasteiger partial charge in [0.15, 0.2) is 0 Å². The quantitative estimate of drug-likeness (QED) is 0.566. The minimum absolute atomic E-state index is 0.00967. The Hall–Kier alpha value is -1.19. The van der Waals surface area contributed by atoms with Gasteiger partial charge < -0.3 is 15.1 Å². The van der Waals surface area contributed by atoms with Crippen molar-refractivity contribution in [3.05, 3.63) is 0 Å². The second kappa shape index (κ2) is 11.1. The van der Waals surface area contributed by atoms with Crippen LogP contribution >= 0.6 is 0 Å². The molecule has 0 radical (unpaired) electrons. The standard InChI is InChI=1S/C22H42N4O4S/c1-6-15-31(29,30)26-12-8-7-9-19(26)21(28)25-13-10-18(11-14-25)20(27)23-16-22(2,3)17-24(4)5/h18-19H,6-17H2,1-5H3,(H,23,27). The number of carbonyl (C=O) groups excluding carboxylic acids is 2. The van der Waals surface area contributed by atoms with Gasteiger partial charge >= 0.3 is 0 Å². The molecule has 1 unspecified atom stereocenters. The Bertz CT molecular complexity index is 715. The smallest absolute Gasteiger partial charge is 0.241 e. The molecule has 0 aromatic heterocycles. The third-order valence-electron chi connectivity index (χ3n) is 6.22. The minimum atomic E-state index is -3.40. The second-order valence-electron chi connectivity index (χ2n) is 10.2. The van der Waals surface area contributed by atoms with Crippen LogP contribution < -0.4 is 5.32 Å². The van der Waals surface area contributed by atoms with E-state index in [1.165, 1.54) is 4.31 Å². The van der Waals surface area contributed by atoms with Gasteiger partial charge in [0.05, 0.1) is 5.75 Å². The van der Waals surface area contributed by atoms with Gasteiger partial charge in [0.25, 0.3) is 0 Å². The fraction of sp³-hybridized carbons (Fsp3) is 0.909. The second-order valence-corrected chi connectivity index (χ2v) is 12.2. The monoisotopic (exact) mass is 458 g/mol. The molecule has 31 heavy (non-hydrogen) atoms. The molecule has 2 amide bonds. The molecule has 2 rings (SSSR count). The Morgan fingerprint density at radius 1 is 1.06 bits per heavy atom. The number of hydrogen-bond acceptors (Lipinski definition) is 5. The summed E-state index contributed by atoms with van der Waals surface area (Å²) in [5, 5.41) is 3.09. The summed E-state index contributed by atoms with van der Waals surface area (Å²) in [6.45, 7) is 9.07. The van der Waals surface area contributed by atoms with Crippen LogP contribution in [-0.4, -0.2) is 93.0 Å². The predicted octanol–water partition coefficient (Wildman–Crippen LogP) is 1.52. The van der Waals surface area contributed by atoms with Crippen LogP contribution in [0.25, 0.3) is 0 Å². The fourth-order valence-corrected chi connectivity index (χ4v) is 6.56. The fourth-order valence-electron chi connectivity index (χ4n) is 4.82. The molecule has 2 aliphatic rings. The minimum Gasteiger partial charge on any atom is -0.355 e. The Morgan fingerprint density at radius 3 is 2.29 bits per heavy atom. The highest BCUT2D eigenvalue weighted by molar-refractivity contribution is 7.89. The molecule has 0 saturated carbocycles. The van der Waals surface area contributed by atoms with E-state index >= 15 is 0 Å². The zero-order valence-electron chi connectivity index (χ0n) is 20.0. The molecule has 2 saturated heterocycles. The molecule has 1 atom stereocenters. The topological polar surface area (TPSA) is 90.0 Å². The lowest BCUT2D eigenvalue weighted by molar-refractivity contribution is -0.139. The van der Waals surface area contributed by atoms with Crippen molar-refractivity contribution in [3.63, 3.8) is 0 Å². The van der Waals surface area contributed by atoms with E-state index in [0.717, 1.165) is 19.4 Å². The first-order valence-corrected chi connectivity index (χ1v) is 13.3. The number of carbonyl (C=O) groups is 2. The highest BCUT2D eigenvalue weighted by Crippen LogP contribution is 2.26. The van der Waals surface area contributed by atoms with Crippen LogP contribution in [0.4, 0.5) is 0 Å². The van der Waals surface area contributed by atoms with Crippen LogP contribution in [0.3, 0.4) is 0 Å². The van der Waals surface area contributed by atoms with Gasteiger partial charge in [-0.25, -0.2) is 8.42 Å². The maximum Gasteiger partial charge on any atom is 0.241 e. The molecule has 0 aliphatic carbocycles. The van der Waals surface area contributed by atoms with Gasteiger partial charge in [0, 0.05) is 38.6 Å². The molecule has 2 aliphatic heterocycles. The first-order valence-electron chi connectivity index (χ1n) is 11.7. The van der Waals surface area contributed by atoms with Crippen molar-refractivity contribution in [1.82, 2.24) is 19.4 Å². The third-order valence-corrected chi connectivity index (χ3v) is 8.30. The zero-order chi connectivity index (χ0) is 23.2. The highest BCUT2D eigenvalue weighted by atomic mass is 32.2. The number of likely N-dealkylation sites (tertiary alicyclic amines) is 1. The first-order chi connectivity index (χ1) is 14.5. The summed E-state index contributed by atoms with van der Waals surface area (Å²) in [7, 11) is 0.648. The number of amides is 2. The number of hydrogen-bond donors (Lipinski definition) is 1. The van der Waals surface area contributed by atoms with E-state index in [-0.39, 0.29) is 28.9 Å². The van der Waals surface area contributed by atoms with E-state index in [2.05, 4.69) is 24.1 Å². The molecule has 9 heteroatoms. The average Bonchev–Trinajstić information content (AvgIpc) is 2.71. The summed E-state index contributed by atoms with van der Waals surface area (Å²) < 4.78 is 26.7. The van der Waals surface area contributed by atoms with Gasteiger partial charge in [-0.1, -0.05) is 27.2 Å². The van der Waals surface area contributed by atoms with Crippen LogP contribution in [0.15, 0.2) is 0 Å². The van der Waals surface area contributed by atoms with Gasteiger partial charge in [0.1, 0.15) is 6.04 Å². The summed E-state index contributed by atoms with van der Waals surface area (Å²) in [4.78, 5) is 29.7. The summed E-state index contributed by atoms with van der Waals surface area (Å²) in [6, 6.07) is -0.581. The maximum atomic E-state index is 13.2. The molecule has 8 nitrogen and oxygen atoms in total. The van der Waals surface area contributed by atoms with Crippen LogP contribution in [0.2, 0.25) is 0 Å². The van der Waals surface area contributed by atoms with Crippen LogP contribution in [0.1, 0.15) is 59.3 Å². The van der Waals surface area contributed by atoms with E-state index in [1.54, 1.807) is 4.90 Å². The lowest BCUT2D eigenvalue weighted by atomic mass is 9.91. The van der Waals surface area contributed by atoms with Crippen LogP contribution in [0.5, 0.6) is 0 Å². The molecule has 2 heterocycles. The van der Waals surface area contributed by atoms with Crippen molar-refractivity contribution in [2.24, 2.45) is 11.3 Å². The third kappa shape index (κ3) is 7.43. The van der Waals surface area contributed by atoms with Crippen molar-refractivity contribution in [1.29, 1.82) is 0 Å². The van der Waals surface area contributed by atoms with Gasteiger partial charge in [0.2, 0.25) is 21.8 Å². The number of nitrogens with one attached hydrogen (secondary N) is 1. The number of sulfonamides is 1. The number of nitrogens with zero attached hydrogens (tertiary/aromatic N) is 3. The summed E-state index contributed by atoms with van der Waals surface area (Å²) in [5.41, 5.74) is -0.00967. The molecule has 0 spiro atoms. The summed E-state index contributed by atoms with van der Waals surface area (Å²) in [6.07, 6.45) is 4.06. The summed E-state index contributed by atoms with van der Waals surface area (Å²) >= 11 is 0. The van der Waals surface area contributed by atoms with Crippen molar-refractivity contribution in [2.45, 2.75) is 65.3 Å². The van der Waals surface area contributed by atoms with Gasteiger partial charge in [-0.2, -0.15) is 4.31 Å². The van der Waals surface area contributed by atoms with Gasteiger partial charge in [-0.3, -0.25) is 9.59 Å². The van der Waals surface area contributed by atoms with E-state index in [4.69, 9.17) is 0 Å². The Kier molecular flexibility index (Phi) is 9.33. The molecule has 180 valence electrons. The Morgan fingerprint density at radius 2 is 1.71 bits per heavy atom. The summed E-state index contributed by atoms with van der Waals surface area (Å²) in [5.74, 6) is -0.0389. The lowest BCUT2D eigenvalue weighted by Crippen LogP contribution is -2.55. The lowest BCUT2D eigenvalue weighted by Gasteiger charge is -2.39.